The molecule has 8 nitrogen and oxygen atoms in total. The standard InChI is InChI=1S/C19H25N3O5S2/c1-13(2)17(22-18(23)16-5-4-12-28-16)19(24)20-10-11-21-29(25,26)15-8-6-14(27-3)7-9-15/h4-9,12-13,17,21H,10-11H2,1-3H3,(H,20,24)(H,22,23)/t17-/m0/s1. The largest absolute Gasteiger partial charge is 0.497 e. The summed E-state index contributed by atoms with van der Waals surface area (Å²) in [5.74, 6) is -0.252. The van der Waals surface area contributed by atoms with Gasteiger partial charge in [0.2, 0.25) is 15.9 Å². The van der Waals surface area contributed by atoms with Crippen LogP contribution in [0.3, 0.4) is 0 Å². The number of rotatable bonds is 10. The van der Waals surface area contributed by atoms with Crippen LogP contribution < -0.4 is 20.1 Å². The minimum absolute atomic E-state index is 0.0176. The summed E-state index contributed by atoms with van der Waals surface area (Å²) in [7, 11) is -2.20. The molecule has 1 heterocycles. The van der Waals surface area contributed by atoms with Crippen molar-refractivity contribution in [3.8, 4) is 5.75 Å². The molecule has 0 aliphatic carbocycles. The second-order valence-electron chi connectivity index (χ2n) is 6.54. The van der Waals surface area contributed by atoms with Crippen LogP contribution in [0.5, 0.6) is 5.75 Å². The lowest BCUT2D eigenvalue weighted by Gasteiger charge is -2.21. The molecule has 0 saturated heterocycles. The van der Waals surface area contributed by atoms with E-state index in [-0.39, 0.29) is 35.7 Å². The number of hydrogen-bond acceptors (Lipinski definition) is 6. The first-order chi connectivity index (χ1) is 13.7. The van der Waals surface area contributed by atoms with Gasteiger partial charge < -0.3 is 15.4 Å². The molecule has 10 heteroatoms. The molecule has 0 saturated carbocycles. The van der Waals surface area contributed by atoms with Gasteiger partial charge in [0.15, 0.2) is 0 Å². The van der Waals surface area contributed by atoms with Gasteiger partial charge in [0.1, 0.15) is 11.8 Å². The first-order valence-electron chi connectivity index (χ1n) is 9.00. The van der Waals surface area contributed by atoms with Crippen molar-refractivity contribution in [1.82, 2.24) is 15.4 Å². The number of thiophene rings is 1. The highest BCUT2D eigenvalue weighted by Crippen LogP contribution is 2.15. The van der Waals surface area contributed by atoms with Crippen LogP contribution in [0.25, 0.3) is 0 Å². The highest BCUT2D eigenvalue weighted by molar-refractivity contribution is 7.89. The fourth-order valence-electron chi connectivity index (χ4n) is 2.47. The van der Waals surface area contributed by atoms with E-state index in [0.717, 1.165) is 0 Å². The Hall–Kier alpha value is -2.43. The van der Waals surface area contributed by atoms with E-state index in [4.69, 9.17) is 4.74 Å². The van der Waals surface area contributed by atoms with Gasteiger partial charge in [0, 0.05) is 13.1 Å². The molecule has 0 unspecified atom stereocenters. The van der Waals surface area contributed by atoms with Crippen LogP contribution in [0.15, 0.2) is 46.7 Å². The third-order valence-corrected chi connectivity index (χ3v) is 6.41. The normalized spacial score (nSPS) is 12.4. The van der Waals surface area contributed by atoms with Crippen molar-refractivity contribution in [2.45, 2.75) is 24.8 Å². The number of hydrogen-bond donors (Lipinski definition) is 3. The summed E-state index contributed by atoms with van der Waals surface area (Å²) in [4.78, 5) is 25.3. The van der Waals surface area contributed by atoms with Gasteiger partial charge in [0.05, 0.1) is 16.9 Å². The van der Waals surface area contributed by atoms with E-state index in [1.165, 1.54) is 30.6 Å². The van der Waals surface area contributed by atoms with Crippen molar-refractivity contribution in [1.29, 1.82) is 0 Å². The van der Waals surface area contributed by atoms with Crippen molar-refractivity contribution in [3.63, 3.8) is 0 Å². The summed E-state index contributed by atoms with van der Waals surface area (Å²) in [6, 6.07) is 8.72. The summed E-state index contributed by atoms with van der Waals surface area (Å²) in [6.45, 7) is 3.76. The topological polar surface area (TPSA) is 114 Å². The first-order valence-corrected chi connectivity index (χ1v) is 11.4. The van der Waals surface area contributed by atoms with E-state index >= 15 is 0 Å². The number of carbonyl (C=O) groups is 2. The predicted octanol–water partition coefficient (Wildman–Crippen LogP) is 1.61. The van der Waals surface area contributed by atoms with Crippen LogP contribution in [-0.4, -0.2) is 46.5 Å². The van der Waals surface area contributed by atoms with Gasteiger partial charge in [-0.05, 0) is 41.6 Å². The van der Waals surface area contributed by atoms with Gasteiger partial charge in [-0.1, -0.05) is 19.9 Å². The average molecular weight is 440 g/mol. The Morgan fingerprint density at radius 2 is 1.79 bits per heavy atom. The Morgan fingerprint density at radius 1 is 1.10 bits per heavy atom. The number of ether oxygens (including phenoxy) is 1. The third-order valence-electron chi connectivity index (χ3n) is 4.07. The molecule has 29 heavy (non-hydrogen) atoms. The zero-order valence-electron chi connectivity index (χ0n) is 16.5. The molecule has 0 fully saturated rings. The lowest BCUT2D eigenvalue weighted by molar-refractivity contribution is -0.123. The van der Waals surface area contributed by atoms with Crippen LogP contribution >= 0.6 is 11.3 Å². The Kier molecular flexibility index (Phi) is 8.18. The number of carbonyl (C=O) groups excluding carboxylic acids is 2. The zero-order valence-corrected chi connectivity index (χ0v) is 18.1. The van der Waals surface area contributed by atoms with E-state index in [0.29, 0.717) is 10.6 Å². The molecule has 0 aliphatic heterocycles. The smallest absolute Gasteiger partial charge is 0.262 e. The number of nitrogens with one attached hydrogen (secondary N) is 3. The summed E-state index contributed by atoms with van der Waals surface area (Å²) in [5, 5.41) is 7.17. The maximum atomic E-state index is 12.4. The fourth-order valence-corrected chi connectivity index (χ4v) is 4.13. The molecule has 0 radical (unpaired) electrons. The quantitative estimate of drug-likeness (QED) is 0.487. The van der Waals surface area contributed by atoms with Gasteiger partial charge in [0.25, 0.3) is 5.91 Å². The van der Waals surface area contributed by atoms with Crippen molar-refractivity contribution in [2.24, 2.45) is 5.92 Å². The van der Waals surface area contributed by atoms with E-state index in [1.807, 2.05) is 13.8 Å². The van der Waals surface area contributed by atoms with Crippen molar-refractivity contribution in [2.75, 3.05) is 20.2 Å². The minimum atomic E-state index is -3.69. The molecule has 158 valence electrons. The molecule has 1 aromatic heterocycles. The van der Waals surface area contributed by atoms with Gasteiger partial charge in [-0.3, -0.25) is 9.59 Å². The molecule has 3 N–H and O–H groups in total. The van der Waals surface area contributed by atoms with Gasteiger partial charge in [-0.25, -0.2) is 13.1 Å². The van der Waals surface area contributed by atoms with E-state index < -0.39 is 16.1 Å². The van der Waals surface area contributed by atoms with Crippen molar-refractivity contribution < 1.29 is 22.7 Å². The molecule has 0 spiro atoms. The fraction of sp³-hybridized carbons (Fsp3) is 0.368. The SMILES string of the molecule is COc1ccc(S(=O)(=O)NCCNC(=O)[C@@H](NC(=O)c2cccs2)C(C)C)cc1. The number of benzene rings is 1. The summed E-state index contributed by atoms with van der Waals surface area (Å²) in [5.41, 5.74) is 0. The molecule has 0 aliphatic rings. The number of methoxy groups -OCH3 is 1. The molecule has 1 aromatic carbocycles. The Morgan fingerprint density at radius 3 is 2.34 bits per heavy atom. The summed E-state index contributed by atoms with van der Waals surface area (Å²) < 4.78 is 32.0. The highest BCUT2D eigenvalue weighted by Gasteiger charge is 2.24. The second kappa shape index (κ2) is 10.4. The maximum Gasteiger partial charge on any atom is 0.262 e. The molecular formula is C19H25N3O5S2. The van der Waals surface area contributed by atoms with Gasteiger partial charge in [-0.2, -0.15) is 0 Å². The first kappa shape index (κ1) is 22.9. The maximum absolute atomic E-state index is 12.4. The van der Waals surface area contributed by atoms with E-state index in [2.05, 4.69) is 15.4 Å². The Balaban J connectivity index is 1.85. The van der Waals surface area contributed by atoms with Crippen LogP contribution in [0, 0.1) is 5.92 Å². The molecule has 2 amide bonds. The molecule has 2 rings (SSSR count). The number of amides is 2. The zero-order chi connectivity index (χ0) is 21.4. The van der Waals surface area contributed by atoms with Gasteiger partial charge >= 0.3 is 0 Å². The molecule has 0 bridgehead atoms. The lowest BCUT2D eigenvalue weighted by atomic mass is 10.0. The van der Waals surface area contributed by atoms with E-state index in [1.54, 1.807) is 29.6 Å². The third kappa shape index (κ3) is 6.55. The lowest BCUT2D eigenvalue weighted by Crippen LogP contribution is -2.50. The summed E-state index contributed by atoms with van der Waals surface area (Å²) in [6.07, 6.45) is 0. The second-order valence-corrected chi connectivity index (χ2v) is 9.25. The average Bonchev–Trinajstić information content (AvgIpc) is 3.24. The van der Waals surface area contributed by atoms with Crippen molar-refractivity contribution >= 4 is 33.2 Å². The van der Waals surface area contributed by atoms with Crippen LogP contribution in [0.2, 0.25) is 0 Å². The van der Waals surface area contributed by atoms with E-state index in [9.17, 15) is 18.0 Å². The predicted molar refractivity (Wildman–Crippen MR) is 112 cm³/mol. The molecule has 1 atom stereocenters. The van der Waals surface area contributed by atoms with Crippen LogP contribution in [-0.2, 0) is 14.8 Å². The monoisotopic (exact) mass is 439 g/mol. The Labute approximate surface area is 174 Å². The Bertz CT molecular complexity index is 910. The van der Waals surface area contributed by atoms with Gasteiger partial charge in [-0.15, -0.1) is 11.3 Å². The van der Waals surface area contributed by atoms with Crippen molar-refractivity contribution in [3.05, 3.63) is 46.7 Å². The molecular weight excluding hydrogens is 414 g/mol. The van der Waals surface area contributed by atoms with Crippen LogP contribution in [0.4, 0.5) is 0 Å². The summed E-state index contributed by atoms with van der Waals surface area (Å²) >= 11 is 1.29. The minimum Gasteiger partial charge on any atom is -0.497 e. The highest BCUT2D eigenvalue weighted by atomic mass is 32.2. The number of sulfonamides is 1. The van der Waals surface area contributed by atoms with Crippen LogP contribution in [0.1, 0.15) is 23.5 Å². The molecule has 2 aromatic rings.